The molecule has 2 rings (SSSR count). The minimum atomic E-state index is -1.07. The first-order chi connectivity index (χ1) is 9.95. The molecular weight excluding hydrogens is 270 g/mol. The SMILES string of the molecule is Cc1ccc(NC(=O)Nc2ccc(C(=O)O)cc2N)cc1. The highest BCUT2D eigenvalue weighted by molar-refractivity contribution is 6.02. The van der Waals surface area contributed by atoms with Gasteiger partial charge in [-0.05, 0) is 37.3 Å². The van der Waals surface area contributed by atoms with E-state index in [1.165, 1.54) is 18.2 Å². The first-order valence-corrected chi connectivity index (χ1v) is 6.23. The molecule has 0 saturated carbocycles. The Hall–Kier alpha value is -3.02. The molecule has 0 bridgehead atoms. The zero-order valence-corrected chi connectivity index (χ0v) is 11.4. The topological polar surface area (TPSA) is 104 Å². The summed E-state index contributed by atoms with van der Waals surface area (Å²) < 4.78 is 0. The van der Waals surface area contributed by atoms with E-state index in [0.29, 0.717) is 11.4 Å². The summed E-state index contributed by atoms with van der Waals surface area (Å²) in [6, 6.07) is 11.0. The van der Waals surface area contributed by atoms with Gasteiger partial charge >= 0.3 is 12.0 Å². The van der Waals surface area contributed by atoms with Gasteiger partial charge in [-0.1, -0.05) is 17.7 Å². The van der Waals surface area contributed by atoms with Crippen molar-refractivity contribution in [2.45, 2.75) is 6.92 Å². The maximum absolute atomic E-state index is 11.8. The van der Waals surface area contributed by atoms with Gasteiger partial charge in [-0.15, -0.1) is 0 Å². The van der Waals surface area contributed by atoms with E-state index in [2.05, 4.69) is 10.6 Å². The van der Waals surface area contributed by atoms with Crippen LogP contribution in [0.3, 0.4) is 0 Å². The molecule has 0 aliphatic heterocycles. The Labute approximate surface area is 121 Å². The zero-order chi connectivity index (χ0) is 15.4. The second kappa shape index (κ2) is 5.96. The van der Waals surface area contributed by atoms with Crippen molar-refractivity contribution in [2.75, 3.05) is 16.4 Å². The fourth-order valence-electron chi connectivity index (χ4n) is 1.73. The van der Waals surface area contributed by atoms with E-state index in [0.717, 1.165) is 5.56 Å². The van der Waals surface area contributed by atoms with Crippen molar-refractivity contribution in [3.8, 4) is 0 Å². The lowest BCUT2D eigenvalue weighted by molar-refractivity contribution is 0.0697. The molecule has 2 aromatic carbocycles. The van der Waals surface area contributed by atoms with E-state index >= 15 is 0 Å². The Bertz CT molecular complexity index is 681. The molecule has 2 aromatic rings. The van der Waals surface area contributed by atoms with Crippen LogP contribution in [-0.4, -0.2) is 17.1 Å². The number of nitrogens with two attached hydrogens (primary N) is 1. The lowest BCUT2D eigenvalue weighted by Crippen LogP contribution is -2.20. The summed E-state index contributed by atoms with van der Waals surface area (Å²) in [5.74, 6) is -1.07. The van der Waals surface area contributed by atoms with Crippen LogP contribution in [0.5, 0.6) is 0 Å². The Morgan fingerprint density at radius 2 is 1.71 bits per heavy atom. The normalized spacial score (nSPS) is 9.95. The van der Waals surface area contributed by atoms with E-state index in [1.807, 2.05) is 19.1 Å². The summed E-state index contributed by atoms with van der Waals surface area (Å²) in [4.78, 5) is 22.6. The summed E-state index contributed by atoms with van der Waals surface area (Å²) >= 11 is 0. The second-order valence-electron chi connectivity index (χ2n) is 4.55. The van der Waals surface area contributed by atoms with Crippen molar-refractivity contribution >= 4 is 29.1 Å². The third-order valence-corrected chi connectivity index (χ3v) is 2.86. The highest BCUT2D eigenvalue weighted by Crippen LogP contribution is 2.20. The van der Waals surface area contributed by atoms with Gasteiger partial charge in [0, 0.05) is 5.69 Å². The van der Waals surface area contributed by atoms with Crippen LogP contribution in [0.25, 0.3) is 0 Å². The quantitative estimate of drug-likeness (QED) is 0.651. The number of urea groups is 1. The highest BCUT2D eigenvalue weighted by Gasteiger charge is 2.09. The molecule has 0 saturated heterocycles. The number of aryl methyl sites for hydroxylation is 1. The van der Waals surface area contributed by atoms with E-state index in [9.17, 15) is 9.59 Å². The van der Waals surface area contributed by atoms with Gasteiger partial charge in [-0.25, -0.2) is 9.59 Å². The number of aromatic carboxylic acids is 1. The molecule has 21 heavy (non-hydrogen) atoms. The van der Waals surface area contributed by atoms with Crippen molar-refractivity contribution < 1.29 is 14.7 Å². The number of anilines is 3. The number of rotatable bonds is 3. The molecule has 6 heteroatoms. The monoisotopic (exact) mass is 285 g/mol. The molecule has 0 radical (unpaired) electrons. The van der Waals surface area contributed by atoms with Crippen LogP contribution in [-0.2, 0) is 0 Å². The van der Waals surface area contributed by atoms with Crippen molar-refractivity contribution in [3.05, 3.63) is 53.6 Å². The third-order valence-electron chi connectivity index (χ3n) is 2.86. The lowest BCUT2D eigenvalue weighted by Gasteiger charge is -2.10. The van der Waals surface area contributed by atoms with Gasteiger partial charge in [0.2, 0.25) is 0 Å². The van der Waals surface area contributed by atoms with Crippen LogP contribution in [0.1, 0.15) is 15.9 Å². The minimum absolute atomic E-state index is 0.0667. The number of carboxylic acid groups (broad SMARTS) is 1. The molecule has 0 heterocycles. The molecule has 0 spiro atoms. The van der Waals surface area contributed by atoms with Gasteiger partial charge in [-0.2, -0.15) is 0 Å². The molecule has 0 unspecified atom stereocenters. The van der Waals surface area contributed by atoms with E-state index in [1.54, 1.807) is 12.1 Å². The van der Waals surface area contributed by atoms with Gasteiger partial charge in [-0.3, -0.25) is 0 Å². The summed E-state index contributed by atoms with van der Waals surface area (Å²) in [7, 11) is 0. The number of carbonyl (C=O) groups excluding carboxylic acids is 1. The number of carbonyl (C=O) groups is 2. The van der Waals surface area contributed by atoms with Crippen LogP contribution in [0.15, 0.2) is 42.5 Å². The van der Waals surface area contributed by atoms with Crippen LogP contribution < -0.4 is 16.4 Å². The number of carboxylic acids is 1. The standard InChI is InChI=1S/C15H15N3O3/c1-9-2-5-11(6-3-9)17-15(21)18-13-7-4-10(14(19)20)8-12(13)16/h2-8H,16H2,1H3,(H,19,20)(H2,17,18,21). The lowest BCUT2D eigenvalue weighted by atomic mass is 10.2. The summed E-state index contributed by atoms with van der Waals surface area (Å²) in [6.45, 7) is 1.95. The molecule has 5 N–H and O–H groups in total. The van der Waals surface area contributed by atoms with Gasteiger partial charge in [0.25, 0.3) is 0 Å². The molecule has 0 atom stereocenters. The van der Waals surface area contributed by atoms with Gasteiger partial charge < -0.3 is 21.5 Å². The second-order valence-corrected chi connectivity index (χ2v) is 4.55. The fraction of sp³-hybridized carbons (Fsp3) is 0.0667. The Balaban J connectivity index is 2.06. The first kappa shape index (κ1) is 14.4. The summed E-state index contributed by atoms with van der Waals surface area (Å²) in [5.41, 5.74) is 8.07. The van der Waals surface area contributed by atoms with Crippen LogP contribution >= 0.6 is 0 Å². The average Bonchev–Trinajstić information content (AvgIpc) is 2.43. The number of benzene rings is 2. The van der Waals surface area contributed by atoms with E-state index < -0.39 is 12.0 Å². The maximum atomic E-state index is 11.8. The maximum Gasteiger partial charge on any atom is 0.335 e. The summed E-state index contributed by atoms with van der Waals surface area (Å²) in [5, 5.41) is 14.1. The molecule has 0 fully saturated rings. The van der Waals surface area contributed by atoms with Gasteiger partial charge in [0.15, 0.2) is 0 Å². The van der Waals surface area contributed by atoms with Gasteiger partial charge in [0.05, 0.1) is 16.9 Å². The Kier molecular flexibility index (Phi) is 4.08. The average molecular weight is 285 g/mol. The minimum Gasteiger partial charge on any atom is -0.478 e. The van der Waals surface area contributed by atoms with Crippen LogP contribution in [0.2, 0.25) is 0 Å². The molecule has 2 amide bonds. The predicted molar refractivity (Wildman–Crippen MR) is 81.6 cm³/mol. The summed E-state index contributed by atoms with van der Waals surface area (Å²) in [6.07, 6.45) is 0. The number of amides is 2. The molecule has 108 valence electrons. The van der Waals surface area contributed by atoms with E-state index in [-0.39, 0.29) is 11.3 Å². The molecule has 6 nitrogen and oxygen atoms in total. The number of hydrogen-bond donors (Lipinski definition) is 4. The fourth-order valence-corrected chi connectivity index (χ4v) is 1.73. The first-order valence-electron chi connectivity index (χ1n) is 6.23. The number of nitrogens with one attached hydrogen (secondary N) is 2. The highest BCUT2D eigenvalue weighted by atomic mass is 16.4. The number of nitrogen functional groups attached to an aromatic ring is 1. The van der Waals surface area contributed by atoms with Gasteiger partial charge in [0.1, 0.15) is 0 Å². The Morgan fingerprint density at radius 1 is 1.05 bits per heavy atom. The van der Waals surface area contributed by atoms with E-state index in [4.69, 9.17) is 10.8 Å². The van der Waals surface area contributed by atoms with Crippen molar-refractivity contribution in [2.24, 2.45) is 0 Å². The van der Waals surface area contributed by atoms with Crippen LogP contribution in [0.4, 0.5) is 21.9 Å². The number of hydrogen-bond acceptors (Lipinski definition) is 3. The third kappa shape index (κ3) is 3.73. The van der Waals surface area contributed by atoms with Crippen LogP contribution in [0, 0.1) is 6.92 Å². The van der Waals surface area contributed by atoms with Crippen molar-refractivity contribution in [3.63, 3.8) is 0 Å². The largest absolute Gasteiger partial charge is 0.478 e. The smallest absolute Gasteiger partial charge is 0.335 e. The van der Waals surface area contributed by atoms with Crippen molar-refractivity contribution in [1.29, 1.82) is 0 Å². The molecule has 0 aliphatic carbocycles. The predicted octanol–water partition coefficient (Wildman–Crippen LogP) is 2.92. The van der Waals surface area contributed by atoms with Crippen molar-refractivity contribution in [1.82, 2.24) is 0 Å². The molecule has 0 aromatic heterocycles. The Morgan fingerprint density at radius 3 is 2.29 bits per heavy atom. The molecular formula is C15H15N3O3. The molecule has 0 aliphatic rings. The zero-order valence-electron chi connectivity index (χ0n) is 11.4.